The van der Waals surface area contributed by atoms with Gasteiger partial charge in [0.1, 0.15) is 24.2 Å². The second kappa shape index (κ2) is 13.8. The summed E-state index contributed by atoms with van der Waals surface area (Å²) in [6.07, 6.45) is 3.57. The van der Waals surface area contributed by atoms with Crippen LogP contribution in [0.1, 0.15) is 43.7 Å². The van der Waals surface area contributed by atoms with Crippen LogP contribution in [-0.4, -0.2) is 55.8 Å². The highest BCUT2D eigenvalue weighted by atomic mass is 32.2. The number of benzene rings is 3. The lowest BCUT2D eigenvalue weighted by molar-refractivity contribution is -0.385. The van der Waals surface area contributed by atoms with Gasteiger partial charge in [-0.15, -0.1) is 0 Å². The van der Waals surface area contributed by atoms with E-state index in [2.05, 4.69) is 5.32 Å². The zero-order valence-corrected chi connectivity index (χ0v) is 25.6. The first-order chi connectivity index (χ1) is 20.9. The topological polar surface area (TPSA) is 139 Å². The number of sulfonamides is 1. The zero-order valence-electron chi connectivity index (χ0n) is 24.7. The van der Waals surface area contributed by atoms with Crippen molar-refractivity contribution in [3.8, 4) is 5.75 Å². The summed E-state index contributed by atoms with van der Waals surface area (Å²) in [5.74, 6) is -1.36. The van der Waals surface area contributed by atoms with Crippen molar-refractivity contribution in [1.29, 1.82) is 0 Å². The number of rotatable bonds is 12. The van der Waals surface area contributed by atoms with Crippen molar-refractivity contribution in [2.24, 2.45) is 0 Å². The number of nitrogens with zero attached hydrogens (tertiary/aromatic N) is 3. The summed E-state index contributed by atoms with van der Waals surface area (Å²) in [6, 6.07) is 14.1. The van der Waals surface area contributed by atoms with Crippen LogP contribution in [0.25, 0.3) is 0 Å². The number of halogens is 1. The Morgan fingerprint density at radius 3 is 2.36 bits per heavy atom. The van der Waals surface area contributed by atoms with E-state index < -0.39 is 55.7 Å². The predicted molar refractivity (Wildman–Crippen MR) is 162 cm³/mol. The second-order valence-electron chi connectivity index (χ2n) is 10.7. The molecule has 13 heteroatoms. The van der Waals surface area contributed by atoms with E-state index in [0.29, 0.717) is 5.75 Å². The quantitative estimate of drug-likeness (QED) is 0.227. The van der Waals surface area contributed by atoms with Gasteiger partial charge in [0.25, 0.3) is 15.7 Å². The molecule has 234 valence electrons. The van der Waals surface area contributed by atoms with E-state index in [0.717, 1.165) is 41.0 Å². The van der Waals surface area contributed by atoms with Gasteiger partial charge >= 0.3 is 0 Å². The third-order valence-corrected chi connectivity index (χ3v) is 9.54. The number of nitro groups is 1. The number of hydrogen-bond acceptors (Lipinski definition) is 7. The van der Waals surface area contributed by atoms with Crippen LogP contribution in [-0.2, 0) is 26.2 Å². The van der Waals surface area contributed by atoms with Crippen molar-refractivity contribution in [2.45, 2.75) is 63.1 Å². The fourth-order valence-electron chi connectivity index (χ4n) is 5.14. The Labute approximate surface area is 255 Å². The lowest BCUT2D eigenvalue weighted by Crippen LogP contribution is -2.52. The summed E-state index contributed by atoms with van der Waals surface area (Å²) in [7, 11) is -3.11. The third kappa shape index (κ3) is 7.33. The molecule has 0 unspecified atom stereocenters. The molecule has 3 aromatic carbocycles. The minimum atomic E-state index is -4.55. The molecule has 0 bridgehead atoms. The molecular weight excluding hydrogens is 591 g/mol. The number of nitro benzene ring substituents is 1. The first kappa shape index (κ1) is 32.4. The second-order valence-corrected chi connectivity index (χ2v) is 12.6. The Kier molecular flexibility index (Phi) is 10.2. The van der Waals surface area contributed by atoms with Gasteiger partial charge in [-0.25, -0.2) is 12.8 Å². The van der Waals surface area contributed by atoms with E-state index in [1.807, 2.05) is 0 Å². The van der Waals surface area contributed by atoms with Crippen molar-refractivity contribution < 1.29 is 32.1 Å². The highest BCUT2D eigenvalue weighted by molar-refractivity contribution is 7.92. The van der Waals surface area contributed by atoms with Crippen molar-refractivity contribution in [2.75, 3.05) is 18.0 Å². The number of aryl methyl sites for hydroxylation is 1. The Balaban J connectivity index is 1.74. The summed E-state index contributed by atoms with van der Waals surface area (Å²) >= 11 is 0. The maximum atomic E-state index is 14.7. The number of nitrogens with one attached hydrogen (secondary N) is 1. The van der Waals surface area contributed by atoms with Crippen LogP contribution in [0.15, 0.2) is 71.6 Å². The highest BCUT2D eigenvalue weighted by Gasteiger charge is 2.34. The smallest absolute Gasteiger partial charge is 0.273 e. The Bertz CT molecular complexity index is 1630. The average Bonchev–Trinajstić information content (AvgIpc) is 3.52. The number of methoxy groups -OCH3 is 1. The van der Waals surface area contributed by atoms with Crippen LogP contribution in [0.4, 0.5) is 15.8 Å². The minimum Gasteiger partial charge on any atom is -0.497 e. The number of ether oxygens (including phenoxy) is 1. The number of carbonyl (C=O) groups is 2. The summed E-state index contributed by atoms with van der Waals surface area (Å²) < 4.78 is 48.8. The molecule has 0 aliphatic heterocycles. The van der Waals surface area contributed by atoms with E-state index in [4.69, 9.17) is 4.74 Å². The van der Waals surface area contributed by atoms with Gasteiger partial charge in [-0.2, -0.15) is 0 Å². The molecule has 1 fully saturated rings. The van der Waals surface area contributed by atoms with Gasteiger partial charge in [-0.3, -0.25) is 24.0 Å². The fraction of sp³-hybridized carbons (Fsp3) is 0.355. The van der Waals surface area contributed by atoms with E-state index >= 15 is 0 Å². The molecule has 4 rings (SSSR count). The van der Waals surface area contributed by atoms with Crippen LogP contribution in [0.5, 0.6) is 5.75 Å². The normalized spacial score (nSPS) is 14.1. The summed E-state index contributed by atoms with van der Waals surface area (Å²) in [5.41, 5.74) is 0.0929. The molecule has 1 aliphatic carbocycles. The van der Waals surface area contributed by atoms with Crippen LogP contribution in [0.3, 0.4) is 0 Å². The molecule has 0 aromatic heterocycles. The molecule has 0 radical (unpaired) electrons. The van der Waals surface area contributed by atoms with Gasteiger partial charge in [0, 0.05) is 29.8 Å². The fourth-order valence-corrected chi connectivity index (χ4v) is 6.57. The number of anilines is 1. The molecule has 0 saturated heterocycles. The average molecular weight is 627 g/mol. The molecule has 1 aliphatic rings. The molecule has 0 spiro atoms. The lowest BCUT2D eigenvalue weighted by Gasteiger charge is -2.32. The summed E-state index contributed by atoms with van der Waals surface area (Å²) in [5, 5.41) is 14.6. The molecule has 1 N–H and O–H groups in total. The number of hydrogen-bond donors (Lipinski definition) is 1. The van der Waals surface area contributed by atoms with Gasteiger partial charge in [-0.1, -0.05) is 37.1 Å². The molecular formula is C31H35FN4O7S. The van der Waals surface area contributed by atoms with Gasteiger partial charge in [-0.05, 0) is 63.1 Å². The standard InChI is InChI=1S/C31H35FN4O7S/c1-21-12-17-27(18-29(21)36(39)40)44(41,42)35(25-13-15-26(43-3)16-14-25)20-30(37)34(19-23-8-4-7-11-28(23)32)22(2)31(38)33-24-9-5-6-10-24/h4,7-8,11-18,22,24H,5-6,9-10,19-20H2,1-3H3,(H,33,38)/t22-/m0/s1. The van der Waals surface area contributed by atoms with Crippen LogP contribution in [0.2, 0.25) is 0 Å². The van der Waals surface area contributed by atoms with Crippen LogP contribution in [0, 0.1) is 22.9 Å². The van der Waals surface area contributed by atoms with Crippen molar-refractivity contribution in [3.05, 3.63) is 93.8 Å². The van der Waals surface area contributed by atoms with E-state index in [1.165, 1.54) is 75.6 Å². The van der Waals surface area contributed by atoms with Crippen LogP contribution < -0.4 is 14.4 Å². The zero-order chi connectivity index (χ0) is 32.0. The highest BCUT2D eigenvalue weighted by Crippen LogP contribution is 2.30. The van der Waals surface area contributed by atoms with Crippen molar-refractivity contribution >= 4 is 33.2 Å². The maximum absolute atomic E-state index is 14.7. The maximum Gasteiger partial charge on any atom is 0.273 e. The Morgan fingerprint density at radius 1 is 1.09 bits per heavy atom. The minimum absolute atomic E-state index is 0.0381. The molecule has 44 heavy (non-hydrogen) atoms. The summed E-state index contributed by atoms with van der Waals surface area (Å²) in [6.45, 7) is 1.93. The SMILES string of the molecule is COc1ccc(N(CC(=O)N(Cc2ccccc2F)[C@@H](C)C(=O)NC2CCCC2)S(=O)(=O)c2ccc(C)c([N+](=O)[O-])c2)cc1. The van der Waals surface area contributed by atoms with Gasteiger partial charge in [0.2, 0.25) is 11.8 Å². The number of carbonyl (C=O) groups excluding carboxylic acids is 2. The molecule has 1 saturated carbocycles. The van der Waals surface area contributed by atoms with Crippen LogP contribution >= 0.6 is 0 Å². The van der Waals surface area contributed by atoms with Gasteiger partial charge in [0.15, 0.2) is 0 Å². The largest absolute Gasteiger partial charge is 0.497 e. The lowest BCUT2D eigenvalue weighted by atomic mass is 10.1. The number of amides is 2. The van der Waals surface area contributed by atoms with Gasteiger partial charge < -0.3 is 15.0 Å². The molecule has 1 atom stereocenters. The Hall–Kier alpha value is -4.52. The van der Waals surface area contributed by atoms with E-state index in [-0.39, 0.29) is 29.4 Å². The van der Waals surface area contributed by atoms with Crippen molar-refractivity contribution in [1.82, 2.24) is 10.2 Å². The van der Waals surface area contributed by atoms with Gasteiger partial charge in [0.05, 0.1) is 22.6 Å². The van der Waals surface area contributed by atoms with Crippen molar-refractivity contribution in [3.63, 3.8) is 0 Å². The molecule has 0 heterocycles. The Morgan fingerprint density at radius 2 is 1.75 bits per heavy atom. The molecule has 11 nitrogen and oxygen atoms in total. The van der Waals surface area contributed by atoms with E-state index in [9.17, 15) is 32.5 Å². The first-order valence-electron chi connectivity index (χ1n) is 14.2. The van der Waals surface area contributed by atoms with E-state index in [1.54, 1.807) is 6.07 Å². The third-order valence-electron chi connectivity index (χ3n) is 7.77. The monoisotopic (exact) mass is 626 g/mol. The predicted octanol–water partition coefficient (Wildman–Crippen LogP) is 4.72. The molecule has 2 amide bonds. The molecule has 3 aromatic rings. The first-order valence-corrected chi connectivity index (χ1v) is 15.6. The summed E-state index contributed by atoms with van der Waals surface area (Å²) in [4.78, 5) is 39.0.